The van der Waals surface area contributed by atoms with E-state index in [2.05, 4.69) is 10.6 Å². The van der Waals surface area contributed by atoms with Gasteiger partial charge in [-0.3, -0.25) is 14.9 Å². The predicted octanol–water partition coefficient (Wildman–Crippen LogP) is 1.13. The number of nitrogens with one attached hydrogen (secondary N) is 2. The Kier molecular flexibility index (Phi) is 6.26. The molecule has 0 spiro atoms. The number of nitrogens with zero attached hydrogens (tertiary/aromatic N) is 1. The van der Waals surface area contributed by atoms with E-state index in [1.807, 2.05) is 0 Å². The van der Waals surface area contributed by atoms with Gasteiger partial charge in [0.15, 0.2) is 0 Å². The molecule has 2 rings (SSSR count). The number of ether oxygens (including phenoxy) is 1. The Bertz CT molecular complexity index is 861. The number of rotatable bonds is 5. The Hall–Kier alpha value is -3.42. The monoisotopic (exact) mass is 357 g/mol. The van der Waals surface area contributed by atoms with Gasteiger partial charge in [0, 0.05) is 31.4 Å². The summed E-state index contributed by atoms with van der Waals surface area (Å²) in [5.74, 6) is -1.64. The van der Waals surface area contributed by atoms with E-state index in [0.29, 0.717) is 12.1 Å². The van der Waals surface area contributed by atoms with Crippen molar-refractivity contribution in [1.82, 2.24) is 15.2 Å². The van der Waals surface area contributed by atoms with E-state index < -0.39 is 24.0 Å². The second-order valence-corrected chi connectivity index (χ2v) is 5.41. The number of pyridine rings is 1. The molecule has 0 saturated heterocycles. The van der Waals surface area contributed by atoms with Crippen LogP contribution in [0.5, 0.6) is 0 Å². The van der Waals surface area contributed by atoms with Crippen LogP contribution in [0.15, 0.2) is 53.5 Å². The summed E-state index contributed by atoms with van der Waals surface area (Å²) in [5, 5.41) is 4.55. The van der Waals surface area contributed by atoms with Crippen LogP contribution in [0.2, 0.25) is 0 Å². The van der Waals surface area contributed by atoms with E-state index in [1.54, 1.807) is 44.3 Å². The number of carbonyl (C=O) groups is 3. The first-order valence-electron chi connectivity index (χ1n) is 7.93. The summed E-state index contributed by atoms with van der Waals surface area (Å²) < 4.78 is 6.58. The minimum atomic E-state index is -1.34. The molecular weight excluding hydrogens is 338 g/mol. The first-order valence-corrected chi connectivity index (χ1v) is 7.93. The van der Waals surface area contributed by atoms with Crippen molar-refractivity contribution in [2.75, 3.05) is 6.54 Å². The predicted molar refractivity (Wildman–Crippen MR) is 93.5 cm³/mol. The summed E-state index contributed by atoms with van der Waals surface area (Å²) in [5.41, 5.74) is 0.0220. The van der Waals surface area contributed by atoms with E-state index in [0.717, 1.165) is 6.07 Å². The van der Waals surface area contributed by atoms with Gasteiger partial charge in [-0.05, 0) is 13.0 Å². The van der Waals surface area contributed by atoms with Gasteiger partial charge in [0.25, 0.3) is 11.5 Å². The van der Waals surface area contributed by atoms with Crippen LogP contribution in [-0.2, 0) is 16.6 Å². The number of benzene rings is 1. The fourth-order valence-electron chi connectivity index (χ4n) is 2.13. The minimum Gasteiger partial charge on any atom is -0.444 e. The number of aryl methyl sites for hydroxylation is 1. The summed E-state index contributed by atoms with van der Waals surface area (Å²) in [4.78, 5) is 48.0. The van der Waals surface area contributed by atoms with Crippen LogP contribution in [0.3, 0.4) is 0 Å². The van der Waals surface area contributed by atoms with Crippen LogP contribution < -0.4 is 16.2 Å². The number of urea groups is 1. The highest BCUT2D eigenvalue weighted by atomic mass is 16.5. The van der Waals surface area contributed by atoms with E-state index in [1.165, 1.54) is 16.8 Å². The molecular formula is C18H19N3O5. The highest BCUT2D eigenvalue weighted by Gasteiger charge is 2.27. The average molecular weight is 357 g/mol. The van der Waals surface area contributed by atoms with Crippen molar-refractivity contribution in [3.05, 3.63) is 70.1 Å². The molecule has 1 aromatic carbocycles. The van der Waals surface area contributed by atoms with Gasteiger partial charge < -0.3 is 14.6 Å². The van der Waals surface area contributed by atoms with Gasteiger partial charge in [0.2, 0.25) is 6.10 Å². The molecule has 8 heteroatoms. The number of esters is 1. The summed E-state index contributed by atoms with van der Waals surface area (Å²) in [6.45, 7) is 2.04. The van der Waals surface area contributed by atoms with Gasteiger partial charge in [-0.2, -0.15) is 0 Å². The molecule has 0 bridgehead atoms. The Morgan fingerprint density at radius 1 is 1.15 bits per heavy atom. The Labute approximate surface area is 149 Å². The lowest BCUT2D eigenvalue weighted by Gasteiger charge is -2.17. The second kappa shape index (κ2) is 8.61. The molecule has 0 radical (unpaired) electrons. The van der Waals surface area contributed by atoms with Crippen molar-refractivity contribution in [3.63, 3.8) is 0 Å². The third kappa shape index (κ3) is 4.79. The summed E-state index contributed by atoms with van der Waals surface area (Å²) in [7, 11) is 1.55. The Morgan fingerprint density at radius 3 is 2.46 bits per heavy atom. The van der Waals surface area contributed by atoms with Crippen LogP contribution in [-0.4, -0.2) is 29.0 Å². The maximum absolute atomic E-state index is 12.4. The lowest BCUT2D eigenvalue weighted by molar-refractivity contribution is -0.129. The van der Waals surface area contributed by atoms with Gasteiger partial charge in [-0.25, -0.2) is 9.59 Å². The van der Waals surface area contributed by atoms with Crippen molar-refractivity contribution < 1.29 is 19.1 Å². The topological polar surface area (TPSA) is 106 Å². The minimum absolute atomic E-state index is 0.0137. The van der Waals surface area contributed by atoms with Crippen molar-refractivity contribution in [2.45, 2.75) is 13.0 Å². The fraction of sp³-hybridized carbons (Fsp3) is 0.222. The number of imide groups is 1. The SMILES string of the molecule is CCNC(=O)NC(=O)C(OC(=O)c1ccn(C)c(=O)c1)c1ccccc1. The smallest absolute Gasteiger partial charge is 0.339 e. The first-order chi connectivity index (χ1) is 12.4. The Balaban J connectivity index is 2.25. The summed E-state index contributed by atoms with van der Waals surface area (Å²) in [6.07, 6.45) is 0.0842. The van der Waals surface area contributed by atoms with Crippen molar-refractivity contribution >= 4 is 17.9 Å². The number of aromatic nitrogens is 1. The lowest BCUT2D eigenvalue weighted by Crippen LogP contribution is -2.42. The molecule has 0 aliphatic heterocycles. The van der Waals surface area contributed by atoms with Crippen LogP contribution in [0.1, 0.15) is 28.9 Å². The molecule has 2 aromatic rings. The third-order valence-corrected chi connectivity index (χ3v) is 3.48. The maximum atomic E-state index is 12.4. The molecule has 0 saturated carbocycles. The molecule has 8 nitrogen and oxygen atoms in total. The maximum Gasteiger partial charge on any atom is 0.339 e. The molecule has 0 fully saturated rings. The van der Waals surface area contributed by atoms with Gasteiger partial charge in [-0.1, -0.05) is 30.3 Å². The van der Waals surface area contributed by atoms with Crippen LogP contribution in [0.25, 0.3) is 0 Å². The number of carbonyl (C=O) groups excluding carboxylic acids is 3. The molecule has 0 aliphatic carbocycles. The molecule has 26 heavy (non-hydrogen) atoms. The molecule has 0 aliphatic rings. The van der Waals surface area contributed by atoms with Gasteiger partial charge in [0.1, 0.15) is 0 Å². The third-order valence-electron chi connectivity index (χ3n) is 3.48. The molecule has 1 heterocycles. The highest BCUT2D eigenvalue weighted by Crippen LogP contribution is 2.19. The standard InChI is InChI=1S/C18H19N3O5/c1-3-19-18(25)20-16(23)15(12-7-5-4-6-8-12)26-17(24)13-9-10-21(2)14(22)11-13/h4-11,15H,3H2,1-2H3,(H2,19,20,23,25). The van der Waals surface area contributed by atoms with Gasteiger partial charge in [0.05, 0.1) is 5.56 Å². The first kappa shape index (κ1) is 18.9. The molecule has 1 aromatic heterocycles. The quantitative estimate of drug-likeness (QED) is 0.780. The summed E-state index contributed by atoms with van der Waals surface area (Å²) >= 11 is 0. The van der Waals surface area contributed by atoms with E-state index in [-0.39, 0.29) is 11.1 Å². The van der Waals surface area contributed by atoms with Crippen LogP contribution >= 0.6 is 0 Å². The van der Waals surface area contributed by atoms with E-state index in [9.17, 15) is 19.2 Å². The van der Waals surface area contributed by atoms with E-state index in [4.69, 9.17) is 4.74 Å². The van der Waals surface area contributed by atoms with E-state index >= 15 is 0 Å². The largest absolute Gasteiger partial charge is 0.444 e. The van der Waals surface area contributed by atoms with Crippen molar-refractivity contribution in [2.24, 2.45) is 7.05 Å². The van der Waals surface area contributed by atoms with Crippen molar-refractivity contribution in [3.8, 4) is 0 Å². The second-order valence-electron chi connectivity index (χ2n) is 5.41. The normalized spacial score (nSPS) is 11.3. The molecule has 1 atom stereocenters. The molecule has 3 amide bonds. The zero-order valence-electron chi connectivity index (χ0n) is 14.4. The highest BCUT2D eigenvalue weighted by molar-refractivity contribution is 5.99. The van der Waals surface area contributed by atoms with Crippen LogP contribution in [0.4, 0.5) is 4.79 Å². The van der Waals surface area contributed by atoms with Crippen molar-refractivity contribution in [1.29, 1.82) is 0 Å². The van der Waals surface area contributed by atoms with Gasteiger partial charge in [-0.15, -0.1) is 0 Å². The zero-order valence-corrected chi connectivity index (χ0v) is 14.4. The Morgan fingerprint density at radius 2 is 1.85 bits per heavy atom. The lowest BCUT2D eigenvalue weighted by atomic mass is 10.1. The molecule has 1 unspecified atom stereocenters. The summed E-state index contributed by atoms with van der Waals surface area (Å²) in [6, 6.07) is 10.1. The number of amides is 3. The van der Waals surface area contributed by atoms with Gasteiger partial charge >= 0.3 is 12.0 Å². The zero-order chi connectivity index (χ0) is 19.1. The van der Waals surface area contributed by atoms with Crippen LogP contribution in [0, 0.1) is 0 Å². The number of hydrogen-bond donors (Lipinski definition) is 2. The fourth-order valence-corrected chi connectivity index (χ4v) is 2.13. The molecule has 136 valence electrons. The number of hydrogen-bond acceptors (Lipinski definition) is 5. The molecule has 2 N–H and O–H groups in total. The average Bonchev–Trinajstić information content (AvgIpc) is 2.62.